The Morgan fingerprint density at radius 3 is 2.64 bits per heavy atom. The van der Waals surface area contributed by atoms with Gasteiger partial charge in [-0.25, -0.2) is 4.39 Å². The van der Waals surface area contributed by atoms with Crippen molar-refractivity contribution in [2.45, 2.75) is 19.4 Å². The van der Waals surface area contributed by atoms with Crippen LogP contribution < -0.4 is 10.1 Å². The minimum Gasteiger partial charge on any atom is -0.484 e. The molecule has 0 aliphatic rings. The molecule has 0 aromatic heterocycles. The highest BCUT2D eigenvalue weighted by Crippen LogP contribution is 2.19. The lowest BCUT2D eigenvalue weighted by Crippen LogP contribution is -2.32. The lowest BCUT2D eigenvalue weighted by molar-refractivity contribution is -0.123. The molecule has 2 rings (SSSR count). The fourth-order valence-electron chi connectivity index (χ4n) is 2.06. The summed E-state index contributed by atoms with van der Waals surface area (Å²) in [4.78, 5) is 12.0. The fourth-order valence-corrected chi connectivity index (χ4v) is 2.32. The molecule has 2 aromatic carbocycles. The van der Waals surface area contributed by atoms with E-state index in [0.717, 1.165) is 16.5 Å². The van der Waals surface area contributed by atoms with Crippen molar-refractivity contribution in [1.29, 1.82) is 0 Å². The number of benzene rings is 2. The molecule has 1 N–H and O–H groups in total. The van der Waals surface area contributed by atoms with E-state index in [-0.39, 0.29) is 24.4 Å². The van der Waals surface area contributed by atoms with Crippen LogP contribution in [0.25, 0.3) is 0 Å². The maximum Gasteiger partial charge on any atom is 0.258 e. The monoisotopic (exact) mass is 365 g/mol. The first-order valence-corrected chi connectivity index (χ1v) is 7.81. The molecule has 1 amide bonds. The molecule has 0 fully saturated rings. The van der Waals surface area contributed by atoms with E-state index >= 15 is 0 Å². The number of carbonyl (C=O) groups is 1. The fraction of sp³-hybridized carbons (Fsp3) is 0.235. The van der Waals surface area contributed by atoms with Crippen LogP contribution in [-0.4, -0.2) is 12.5 Å². The van der Waals surface area contributed by atoms with Crippen molar-refractivity contribution < 1.29 is 13.9 Å². The van der Waals surface area contributed by atoms with Crippen LogP contribution in [0.4, 0.5) is 4.39 Å². The summed E-state index contributed by atoms with van der Waals surface area (Å²) in [5.74, 6) is -0.287. The Labute approximate surface area is 137 Å². The first-order valence-electron chi connectivity index (χ1n) is 7.01. The maximum atomic E-state index is 13.0. The van der Waals surface area contributed by atoms with Gasteiger partial charge >= 0.3 is 0 Å². The minimum absolute atomic E-state index is 0.0725. The Hall–Kier alpha value is -1.88. The highest BCUT2D eigenvalue weighted by Gasteiger charge is 2.13. The van der Waals surface area contributed by atoms with Gasteiger partial charge in [0.05, 0.1) is 6.04 Å². The van der Waals surface area contributed by atoms with Gasteiger partial charge in [-0.1, -0.05) is 41.1 Å². The van der Waals surface area contributed by atoms with Crippen LogP contribution >= 0.6 is 15.9 Å². The van der Waals surface area contributed by atoms with Gasteiger partial charge in [-0.05, 0) is 36.2 Å². The van der Waals surface area contributed by atoms with Crippen molar-refractivity contribution in [3.05, 3.63) is 64.4 Å². The summed E-state index contributed by atoms with van der Waals surface area (Å²) < 4.78 is 19.3. The third-order valence-corrected chi connectivity index (χ3v) is 3.71. The van der Waals surface area contributed by atoms with Gasteiger partial charge in [-0.3, -0.25) is 4.79 Å². The maximum absolute atomic E-state index is 13.0. The Morgan fingerprint density at radius 2 is 2.00 bits per heavy atom. The third-order valence-electron chi connectivity index (χ3n) is 3.18. The molecule has 3 nitrogen and oxygen atoms in total. The molecule has 0 saturated carbocycles. The predicted molar refractivity (Wildman–Crippen MR) is 87.2 cm³/mol. The number of nitrogens with one attached hydrogen (secondary N) is 1. The van der Waals surface area contributed by atoms with Gasteiger partial charge in [0.25, 0.3) is 5.91 Å². The van der Waals surface area contributed by atoms with E-state index in [9.17, 15) is 9.18 Å². The molecule has 22 heavy (non-hydrogen) atoms. The number of halogens is 2. The van der Waals surface area contributed by atoms with E-state index in [1.165, 1.54) is 12.1 Å². The SMILES string of the molecule is CC[C@@H](NC(=O)COc1cccc(F)c1)c1ccc(Br)cc1. The Balaban J connectivity index is 1.90. The van der Waals surface area contributed by atoms with Gasteiger partial charge in [-0.15, -0.1) is 0 Å². The number of hydrogen-bond donors (Lipinski definition) is 1. The quantitative estimate of drug-likeness (QED) is 0.831. The van der Waals surface area contributed by atoms with Crippen LogP contribution in [0.15, 0.2) is 53.0 Å². The van der Waals surface area contributed by atoms with Crippen molar-refractivity contribution >= 4 is 21.8 Å². The van der Waals surface area contributed by atoms with Crippen LogP contribution in [0.2, 0.25) is 0 Å². The molecule has 0 bridgehead atoms. The number of rotatable bonds is 6. The zero-order valence-corrected chi connectivity index (χ0v) is 13.8. The third kappa shape index (κ3) is 4.84. The molecular formula is C17H17BrFNO2. The molecule has 0 unspecified atom stereocenters. The molecule has 0 spiro atoms. The average molecular weight is 366 g/mol. The number of amides is 1. The summed E-state index contributed by atoms with van der Waals surface area (Å²) in [6.45, 7) is 1.86. The molecule has 0 radical (unpaired) electrons. The second-order valence-corrected chi connectivity index (χ2v) is 5.74. The van der Waals surface area contributed by atoms with Gasteiger partial charge in [0.1, 0.15) is 11.6 Å². The largest absolute Gasteiger partial charge is 0.484 e. The number of ether oxygens (including phenoxy) is 1. The number of carbonyl (C=O) groups excluding carboxylic acids is 1. The summed E-state index contributed by atoms with van der Waals surface area (Å²) in [7, 11) is 0. The van der Waals surface area contributed by atoms with Crippen LogP contribution in [0, 0.1) is 5.82 Å². The lowest BCUT2D eigenvalue weighted by atomic mass is 10.0. The molecular weight excluding hydrogens is 349 g/mol. The van der Waals surface area contributed by atoms with Gasteiger partial charge in [0.15, 0.2) is 6.61 Å². The van der Waals surface area contributed by atoms with E-state index < -0.39 is 0 Å². The summed E-state index contributed by atoms with van der Waals surface area (Å²) in [6.07, 6.45) is 0.771. The van der Waals surface area contributed by atoms with Crippen molar-refractivity contribution in [1.82, 2.24) is 5.32 Å². The van der Waals surface area contributed by atoms with Gasteiger partial charge in [0.2, 0.25) is 0 Å². The predicted octanol–water partition coefficient (Wildman–Crippen LogP) is 4.23. The summed E-state index contributed by atoms with van der Waals surface area (Å²) in [5, 5.41) is 2.91. The summed E-state index contributed by atoms with van der Waals surface area (Å²) >= 11 is 3.39. The highest BCUT2D eigenvalue weighted by atomic mass is 79.9. The molecule has 1 atom stereocenters. The molecule has 2 aromatic rings. The Morgan fingerprint density at radius 1 is 1.27 bits per heavy atom. The second-order valence-electron chi connectivity index (χ2n) is 4.83. The summed E-state index contributed by atoms with van der Waals surface area (Å²) in [5.41, 5.74) is 1.03. The summed E-state index contributed by atoms with van der Waals surface area (Å²) in [6, 6.07) is 13.5. The second kappa shape index (κ2) is 7.94. The molecule has 0 aliphatic carbocycles. The molecule has 5 heteroatoms. The topological polar surface area (TPSA) is 38.3 Å². The van der Waals surface area contributed by atoms with Crippen LogP contribution in [0.1, 0.15) is 24.9 Å². The first-order chi connectivity index (χ1) is 10.6. The minimum atomic E-state index is -0.390. The highest BCUT2D eigenvalue weighted by molar-refractivity contribution is 9.10. The van der Waals surface area contributed by atoms with Crippen molar-refractivity contribution in [2.75, 3.05) is 6.61 Å². The van der Waals surface area contributed by atoms with Gasteiger partial charge in [-0.2, -0.15) is 0 Å². The van der Waals surface area contributed by atoms with E-state index in [4.69, 9.17) is 4.74 Å². The first kappa shape index (κ1) is 16.5. The van der Waals surface area contributed by atoms with E-state index in [0.29, 0.717) is 5.75 Å². The molecule has 0 heterocycles. The van der Waals surface area contributed by atoms with Crippen LogP contribution in [0.5, 0.6) is 5.75 Å². The lowest BCUT2D eigenvalue weighted by Gasteiger charge is -2.17. The van der Waals surface area contributed by atoms with E-state index in [1.807, 2.05) is 31.2 Å². The molecule has 0 saturated heterocycles. The Kier molecular flexibility index (Phi) is 5.95. The van der Waals surface area contributed by atoms with Crippen molar-refractivity contribution in [3.63, 3.8) is 0 Å². The average Bonchev–Trinajstić information content (AvgIpc) is 2.52. The smallest absolute Gasteiger partial charge is 0.258 e. The van der Waals surface area contributed by atoms with Gasteiger partial charge < -0.3 is 10.1 Å². The van der Waals surface area contributed by atoms with E-state index in [2.05, 4.69) is 21.2 Å². The van der Waals surface area contributed by atoms with Crippen molar-refractivity contribution in [3.8, 4) is 5.75 Å². The van der Waals surface area contributed by atoms with Crippen molar-refractivity contribution in [2.24, 2.45) is 0 Å². The Bertz CT molecular complexity index is 631. The number of hydrogen-bond acceptors (Lipinski definition) is 2. The molecule has 0 aliphatic heterocycles. The zero-order valence-electron chi connectivity index (χ0n) is 12.2. The van der Waals surface area contributed by atoms with E-state index in [1.54, 1.807) is 12.1 Å². The molecule has 116 valence electrons. The van der Waals surface area contributed by atoms with Gasteiger partial charge in [0, 0.05) is 10.5 Å². The van der Waals surface area contributed by atoms with Crippen LogP contribution in [0.3, 0.4) is 0 Å². The van der Waals surface area contributed by atoms with Crippen LogP contribution in [-0.2, 0) is 4.79 Å². The zero-order chi connectivity index (χ0) is 15.9. The standard InChI is InChI=1S/C17H17BrFNO2/c1-2-16(12-6-8-13(18)9-7-12)20-17(21)11-22-15-5-3-4-14(19)10-15/h3-10,16H,2,11H2,1H3,(H,20,21)/t16-/m1/s1. The normalized spacial score (nSPS) is 11.8.